The molecule has 0 rings (SSSR count). The number of carbonyl (C=O) groups excluding carboxylic acids is 3. The van der Waals surface area contributed by atoms with E-state index in [1.807, 2.05) is 0 Å². The minimum absolute atomic E-state index is 0.408. The number of ether oxygens (including phenoxy) is 2. The Bertz CT molecular complexity index is 375. The molecule has 0 bridgehead atoms. The van der Waals surface area contributed by atoms with Crippen LogP contribution in [0.2, 0.25) is 0 Å². The summed E-state index contributed by atoms with van der Waals surface area (Å²) in [6, 6.07) is -1.23. The van der Waals surface area contributed by atoms with E-state index in [0.29, 0.717) is 0 Å². The summed E-state index contributed by atoms with van der Waals surface area (Å²) in [5.74, 6) is -2.37. The molecule has 0 spiro atoms. The number of methoxy groups -OCH3 is 2. The molecule has 9 heteroatoms. The molecule has 2 unspecified atom stereocenters. The maximum atomic E-state index is 11.4. The van der Waals surface area contributed by atoms with E-state index in [1.165, 1.54) is 0 Å². The zero-order valence-corrected chi connectivity index (χ0v) is 11.2. The lowest BCUT2D eigenvalue weighted by Crippen LogP contribution is -2.44. The van der Waals surface area contributed by atoms with Gasteiger partial charge in [-0.15, -0.1) is 0 Å². The van der Waals surface area contributed by atoms with Gasteiger partial charge in [0.2, 0.25) is 13.3 Å². The lowest BCUT2D eigenvalue weighted by Gasteiger charge is -2.15. The number of hydrogen-bond donors (Lipinski definition) is 2. The number of hydrogen-bond acceptors (Lipinski definition) is 6. The van der Waals surface area contributed by atoms with Crippen LogP contribution in [0.25, 0.3) is 0 Å². The van der Waals surface area contributed by atoms with E-state index < -0.39 is 43.8 Å². The van der Waals surface area contributed by atoms with Crippen LogP contribution in [0, 0.1) is 0 Å². The molecule has 104 valence electrons. The third kappa shape index (κ3) is 7.03. The van der Waals surface area contributed by atoms with Crippen molar-refractivity contribution in [3.63, 3.8) is 0 Å². The standard InChI is InChI=1S/C9H16NO7P/c1-16-8(12)4-6(9(13)17-2)10-7(11)5-18(3,14)15/h6H,4-5H2,1-3H3,(H,10,11)(H,14,15). The van der Waals surface area contributed by atoms with Crippen molar-refractivity contribution in [2.45, 2.75) is 12.5 Å². The number of amides is 1. The first-order valence-corrected chi connectivity index (χ1v) is 7.22. The number of rotatable bonds is 6. The summed E-state index contributed by atoms with van der Waals surface area (Å²) in [4.78, 5) is 42.7. The minimum atomic E-state index is -3.54. The van der Waals surface area contributed by atoms with Crippen LogP contribution in [0.1, 0.15) is 6.42 Å². The molecule has 0 saturated carbocycles. The zero-order chi connectivity index (χ0) is 14.3. The monoisotopic (exact) mass is 281 g/mol. The van der Waals surface area contributed by atoms with Gasteiger partial charge in [0.05, 0.1) is 20.6 Å². The van der Waals surface area contributed by atoms with E-state index in [4.69, 9.17) is 4.89 Å². The van der Waals surface area contributed by atoms with Crippen LogP contribution in [-0.2, 0) is 28.4 Å². The molecule has 18 heavy (non-hydrogen) atoms. The average Bonchev–Trinajstić information content (AvgIpc) is 2.24. The fourth-order valence-electron chi connectivity index (χ4n) is 1.09. The Labute approximate surface area is 104 Å². The van der Waals surface area contributed by atoms with Crippen molar-refractivity contribution >= 4 is 25.2 Å². The van der Waals surface area contributed by atoms with E-state index in [9.17, 15) is 18.9 Å². The predicted octanol–water partition coefficient (Wildman–Crippen LogP) is -0.892. The average molecular weight is 281 g/mol. The van der Waals surface area contributed by atoms with Crippen LogP contribution in [0.3, 0.4) is 0 Å². The molecule has 0 aromatic rings. The predicted molar refractivity (Wildman–Crippen MR) is 61.2 cm³/mol. The Balaban J connectivity index is 4.59. The quantitative estimate of drug-likeness (QED) is 0.478. The third-order valence-electron chi connectivity index (χ3n) is 1.86. The molecular weight excluding hydrogens is 265 g/mol. The van der Waals surface area contributed by atoms with Crippen molar-refractivity contribution in [3.05, 3.63) is 0 Å². The van der Waals surface area contributed by atoms with Crippen molar-refractivity contribution in [2.24, 2.45) is 0 Å². The fraction of sp³-hybridized carbons (Fsp3) is 0.667. The van der Waals surface area contributed by atoms with Gasteiger partial charge in [0, 0.05) is 6.66 Å². The van der Waals surface area contributed by atoms with Gasteiger partial charge >= 0.3 is 11.9 Å². The van der Waals surface area contributed by atoms with Crippen LogP contribution >= 0.6 is 7.37 Å². The van der Waals surface area contributed by atoms with Crippen molar-refractivity contribution in [1.82, 2.24) is 5.32 Å². The SMILES string of the molecule is COC(=O)CC(NC(=O)CP(C)(=O)O)C(=O)OC. The second kappa shape index (κ2) is 7.13. The normalized spacial score (nSPS) is 15.1. The molecule has 0 fully saturated rings. The Kier molecular flexibility index (Phi) is 6.57. The molecule has 0 radical (unpaired) electrons. The highest BCUT2D eigenvalue weighted by atomic mass is 31.2. The highest BCUT2D eigenvalue weighted by molar-refractivity contribution is 7.58. The summed E-state index contributed by atoms with van der Waals surface area (Å²) in [5.41, 5.74) is 0. The molecule has 0 aliphatic rings. The van der Waals surface area contributed by atoms with E-state index in [2.05, 4.69) is 14.8 Å². The minimum Gasteiger partial charge on any atom is -0.469 e. The van der Waals surface area contributed by atoms with Crippen LogP contribution in [0.4, 0.5) is 0 Å². The van der Waals surface area contributed by atoms with Crippen molar-refractivity contribution in [2.75, 3.05) is 27.0 Å². The molecule has 8 nitrogen and oxygen atoms in total. The largest absolute Gasteiger partial charge is 0.469 e. The van der Waals surface area contributed by atoms with Gasteiger partial charge in [0.25, 0.3) is 0 Å². The van der Waals surface area contributed by atoms with Crippen LogP contribution in [0.15, 0.2) is 0 Å². The summed E-state index contributed by atoms with van der Waals surface area (Å²) >= 11 is 0. The maximum absolute atomic E-state index is 11.4. The number of esters is 2. The number of nitrogens with one attached hydrogen (secondary N) is 1. The first-order chi connectivity index (χ1) is 8.19. The highest BCUT2D eigenvalue weighted by Gasteiger charge is 2.27. The van der Waals surface area contributed by atoms with Gasteiger partial charge in [-0.3, -0.25) is 14.2 Å². The molecule has 0 aromatic heterocycles. The lowest BCUT2D eigenvalue weighted by molar-refractivity contribution is -0.150. The van der Waals surface area contributed by atoms with Gasteiger partial charge in [0.1, 0.15) is 12.2 Å². The summed E-state index contributed by atoms with van der Waals surface area (Å²) in [6.07, 6.45) is -1.05. The summed E-state index contributed by atoms with van der Waals surface area (Å²) in [7, 11) is -1.31. The molecule has 1 amide bonds. The van der Waals surface area contributed by atoms with Crippen molar-refractivity contribution in [3.8, 4) is 0 Å². The molecular formula is C9H16NO7P. The maximum Gasteiger partial charge on any atom is 0.328 e. The molecule has 2 N–H and O–H groups in total. The van der Waals surface area contributed by atoms with Crippen LogP contribution in [0.5, 0.6) is 0 Å². The van der Waals surface area contributed by atoms with Gasteiger partial charge < -0.3 is 19.7 Å². The van der Waals surface area contributed by atoms with Crippen molar-refractivity contribution < 1.29 is 33.3 Å². The van der Waals surface area contributed by atoms with Crippen LogP contribution < -0.4 is 5.32 Å². The van der Waals surface area contributed by atoms with E-state index in [0.717, 1.165) is 20.9 Å². The number of carbonyl (C=O) groups is 3. The van der Waals surface area contributed by atoms with Gasteiger partial charge in [-0.1, -0.05) is 0 Å². The van der Waals surface area contributed by atoms with E-state index >= 15 is 0 Å². The Morgan fingerprint density at radius 2 is 1.83 bits per heavy atom. The summed E-state index contributed by atoms with van der Waals surface area (Å²) in [6.45, 7) is 1.01. The molecule has 0 heterocycles. The summed E-state index contributed by atoms with van der Waals surface area (Å²) < 4.78 is 19.8. The topological polar surface area (TPSA) is 119 Å². The first kappa shape index (κ1) is 16.6. The van der Waals surface area contributed by atoms with Crippen molar-refractivity contribution in [1.29, 1.82) is 0 Å². The molecule has 0 aliphatic heterocycles. The van der Waals surface area contributed by atoms with Gasteiger partial charge in [-0.05, 0) is 0 Å². The summed E-state index contributed by atoms with van der Waals surface area (Å²) in [5, 5.41) is 2.14. The molecule has 0 aliphatic carbocycles. The van der Waals surface area contributed by atoms with E-state index in [-0.39, 0.29) is 0 Å². The third-order valence-corrected chi connectivity index (χ3v) is 2.73. The first-order valence-electron chi connectivity index (χ1n) is 4.93. The second-order valence-electron chi connectivity index (χ2n) is 3.63. The molecule has 0 saturated heterocycles. The van der Waals surface area contributed by atoms with E-state index in [1.54, 1.807) is 0 Å². The Hall–Kier alpha value is -1.40. The molecule has 2 atom stereocenters. The fourth-order valence-corrected chi connectivity index (χ4v) is 1.72. The molecule has 0 aromatic carbocycles. The smallest absolute Gasteiger partial charge is 0.328 e. The Morgan fingerprint density at radius 3 is 2.22 bits per heavy atom. The lowest BCUT2D eigenvalue weighted by atomic mass is 10.2. The van der Waals surface area contributed by atoms with Gasteiger partial charge in [0.15, 0.2) is 0 Å². The van der Waals surface area contributed by atoms with Gasteiger partial charge in [-0.25, -0.2) is 4.79 Å². The zero-order valence-electron chi connectivity index (χ0n) is 10.3. The highest BCUT2D eigenvalue weighted by Crippen LogP contribution is 2.34. The second-order valence-corrected chi connectivity index (χ2v) is 6.05. The Morgan fingerprint density at radius 1 is 1.28 bits per heavy atom. The van der Waals surface area contributed by atoms with Crippen LogP contribution in [-0.4, -0.2) is 55.8 Å². The van der Waals surface area contributed by atoms with Gasteiger partial charge in [-0.2, -0.15) is 0 Å².